The number of β-amino-alcohol motifs (C(OH)–C–C–N with tert-alkyl or cyclic N) is 1. The molecule has 6 rings (SSSR count). The van der Waals surface area contributed by atoms with Gasteiger partial charge in [0.2, 0.25) is 0 Å². The van der Waals surface area contributed by atoms with E-state index in [0.29, 0.717) is 24.4 Å². The van der Waals surface area contributed by atoms with Crippen LogP contribution in [0.25, 0.3) is 28.2 Å². The third-order valence-electron chi connectivity index (χ3n) is 7.75. The molecule has 0 unspecified atom stereocenters. The highest BCUT2D eigenvalue weighted by Crippen LogP contribution is 2.30. The Bertz CT molecular complexity index is 1580. The van der Waals surface area contributed by atoms with E-state index in [1.807, 2.05) is 60.7 Å². The molecule has 41 heavy (non-hydrogen) atoms. The van der Waals surface area contributed by atoms with Crippen LogP contribution >= 0.6 is 12.4 Å². The molecule has 1 aliphatic rings. The first kappa shape index (κ1) is 28.5. The van der Waals surface area contributed by atoms with E-state index in [9.17, 15) is 5.11 Å². The third-order valence-corrected chi connectivity index (χ3v) is 7.75. The monoisotopic (exact) mass is 569 g/mol. The summed E-state index contributed by atoms with van der Waals surface area (Å²) < 4.78 is 2.06. The molecule has 9 heteroatoms. The molecule has 1 fully saturated rings. The molecule has 0 amide bonds. The van der Waals surface area contributed by atoms with Crippen molar-refractivity contribution in [1.82, 2.24) is 24.4 Å². The van der Waals surface area contributed by atoms with Gasteiger partial charge in [-0.1, -0.05) is 60.7 Å². The molecule has 1 atom stereocenters. The van der Waals surface area contributed by atoms with E-state index in [1.54, 1.807) is 6.33 Å². The highest BCUT2D eigenvalue weighted by atomic mass is 35.5. The van der Waals surface area contributed by atoms with E-state index < -0.39 is 6.10 Å². The van der Waals surface area contributed by atoms with Crippen molar-refractivity contribution in [2.45, 2.75) is 20.0 Å². The summed E-state index contributed by atoms with van der Waals surface area (Å²) in [6.07, 6.45) is 1.02. The number of hydrogen-bond donors (Lipinski definition) is 2. The molecule has 212 valence electrons. The lowest BCUT2D eigenvalue weighted by molar-refractivity contribution is 0.118. The van der Waals surface area contributed by atoms with Gasteiger partial charge >= 0.3 is 0 Å². The van der Waals surface area contributed by atoms with Crippen molar-refractivity contribution in [1.29, 1.82) is 0 Å². The Hall–Kier alpha value is -3.98. The van der Waals surface area contributed by atoms with Gasteiger partial charge < -0.3 is 15.3 Å². The fourth-order valence-corrected chi connectivity index (χ4v) is 5.45. The first-order valence-corrected chi connectivity index (χ1v) is 13.9. The van der Waals surface area contributed by atoms with Gasteiger partial charge in [0.05, 0.1) is 6.10 Å². The number of benzene rings is 3. The molecule has 5 aromatic rings. The van der Waals surface area contributed by atoms with Gasteiger partial charge in [-0.3, -0.25) is 9.47 Å². The number of piperazine rings is 1. The van der Waals surface area contributed by atoms with E-state index in [-0.39, 0.29) is 12.4 Å². The summed E-state index contributed by atoms with van der Waals surface area (Å²) in [5.74, 6) is 1.42. The van der Waals surface area contributed by atoms with Gasteiger partial charge in [0, 0.05) is 56.2 Å². The number of para-hydroxylation sites is 1. The van der Waals surface area contributed by atoms with E-state index in [1.165, 1.54) is 16.8 Å². The summed E-state index contributed by atoms with van der Waals surface area (Å²) in [5, 5.41) is 14.3. The van der Waals surface area contributed by atoms with Crippen molar-refractivity contribution in [3.05, 3.63) is 96.3 Å². The topological polar surface area (TPSA) is 82.3 Å². The summed E-state index contributed by atoms with van der Waals surface area (Å²) in [6, 6.07) is 26.7. The fourth-order valence-electron chi connectivity index (χ4n) is 5.45. The zero-order chi connectivity index (χ0) is 27.5. The molecule has 1 saturated heterocycles. The number of aryl methyl sites for hydroxylation is 1. The maximum absolute atomic E-state index is 10.9. The molecule has 0 saturated carbocycles. The SMILES string of the molecule is Cc1cccc(N2CCN(C[C@H](O)CNc3ncnc4c3nc(-c3ccccc3)n4-c3ccccc3)CC2)c1C.Cl. The Balaban J connectivity index is 0.00000337. The average molecular weight is 570 g/mol. The van der Waals surface area contributed by atoms with Gasteiger partial charge in [-0.15, -0.1) is 12.4 Å². The Morgan fingerprint density at radius 2 is 1.56 bits per heavy atom. The molecule has 2 N–H and O–H groups in total. The predicted molar refractivity (Wildman–Crippen MR) is 168 cm³/mol. The minimum absolute atomic E-state index is 0. The van der Waals surface area contributed by atoms with E-state index in [0.717, 1.165) is 48.9 Å². The molecule has 0 radical (unpaired) electrons. The molecule has 0 spiro atoms. The zero-order valence-electron chi connectivity index (χ0n) is 23.4. The number of fused-ring (bicyclic) bond motifs is 1. The van der Waals surface area contributed by atoms with Crippen LogP contribution < -0.4 is 10.2 Å². The van der Waals surface area contributed by atoms with Crippen LogP contribution in [0.15, 0.2) is 85.2 Å². The number of aliphatic hydroxyl groups excluding tert-OH is 1. The number of hydrogen-bond acceptors (Lipinski definition) is 7. The Morgan fingerprint density at radius 3 is 2.29 bits per heavy atom. The van der Waals surface area contributed by atoms with Crippen LogP contribution in [0.1, 0.15) is 11.1 Å². The van der Waals surface area contributed by atoms with Crippen molar-refractivity contribution < 1.29 is 5.11 Å². The molecule has 8 nitrogen and oxygen atoms in total. The quantitative estimate of drug-likeness (QED) is 0.268. The minimum atomic E-state index is -0.540. The van der Waals surface area contributed by atoms with E-state index in [4.69, 9.17) is 4.98 Å². The third kappa shape index (κ3) is 6.05. The molecule has 1 aliphatic heterocycles. The zero-order valence-corrected chi connectivity index (χ0v) is 24.3. The second-order valence-corrected chi connectivity index (χ2v) is 10.4. The molecule has 3 aromatic carbocycles. The number of aliphatic hydroxyl groups is 1. The van der Waals surface area contributed by atoms with Crippen LogP contribution in [-0.4, -0.2) is 74.9 Å². The molecular formula is C32H36ClN7O. The lowest BCUT2D eigenvalue weighted by Crippen LogP contribution is -2.49. The summed E-state index contributed by atoms with van der Waals surface area (Å²) in [7, 11) is 0. The maximum Gasteiger partial charge on any atom is 0.170 e. The Kier molecular flexibility index (Phi) is 8.83. The first-order valence-electron chi connectivity index (χ1n) is 13.9. The molecular weight excluding hydrogens is 534 g/mol. The van der Waals surface area contributed by atoms with Gasteiger partial charge in [0.1, 0.15) is 12.2 Å². The Morgan fingerprint density at radius 1 is 0.854 bits per heavy atom. The fraction of sp³-hybridized carbons (Fsp3) is 0.281. The van der Waals surface area contributed by atoms with Gasteiger partial charge in [-0.2, -0.15) is 0 Å². The standard InChI is InChI=1S/C32H35N7O.ClH/c1-23-10-9-15-28(24(23)2)38-18-16-37(17-19-38)21-27(40)20-33-30-29-32(35-22-34-30)39(26-13-7-4-8-14-26)31(36-29)25-11-5-3-6-12-25;/h3-15,22,27,40H,16-21H2,1-2H3,(H,33,34,35);1H/t27-;/m1./s1. The van der Waals surface area contributed by atoms with Crippen molar-refractivity contribution >= 4 is 35.1 Å². The summed E-state index contributed by atoms with van der Waals surface area (Å²) in [6.45, 7) is 9.10. The molecule has 2 aromatic heterocycles. The number of nitrogens with zero attached hydrogens (tertiary/aromatic N) is 6. The number of nitrogens with one attached hydrogen (secondary N) is 1. The normalized spacial score (nSPS) is 14.6. The van der Waals surface area contributed by atoms with Gasteiger partial charge in [0.25, 0.3) is 0 Å². The van der Waals surface area contributed by atoms with E-state index in [2.05, 4.69) is 61.7 Å². The lowest BCUT2D eigenvalue weighted by Gasteiger charge is -2.37. The second-order valence-electron chi connectivity index (χ2n) is 10.4. The predicted octanol–water partition coefficient (Wildman–Crippen LogP) is 5.12. The Labute approximate surface area is 247 Å². The minimum Gasteiger partial charge on any atom is -0.390 e. The van der Waals surface area contributed by atoms with Crippen LogP contribution in [0.3, 0.4) is 0 Å². The van der Waals surface area contributed by atoms with Crippen LogP contribution in [0, 0.1) is 13.8 Å². The van der Waals surface area contributed by atoms with Crippen LogP contribution in [0.5, 0.6) is 0 Å². The summed E-state index contributed by atoms with van der Waals surface area (Å²) >= 11 is 0. The number of anilines is 2. The van der Waals surface area contributed by atoms with Crippen molar-refractivity contribution in [3.8, 4) is 17.1 Å². The van der Waals surface area contributed by atoms with Crippen molar-refractivity contribution in [3.63, 3.8) is 0 Å². The van der Waals surface area contributed by atoms with Crippen LogP contribution in [0.2, 0.25) is 0 Å². The maximum atomic E-state index is 10.9. The lowest BCUT2D eigenvalue weighted by atomic mass is 10.1. The number of aromatic nitrogens is 4. The van der Waals surface area contributed by atoms with Gasteiger partial charge in [0.15, 0.2) is 17.0 Å². The molecule has 3 heterocycles. The highest BCUT2D eigenvalue weighted by Gasteiger charge is 2.22. The highest BCUT2D eigenvalue weighted by molar-refractivity contribution is 5.88. The van der Waals surface area contributed by atoms with Gasteiger partial charge in [-0.05, 0) is 43.2 Å². The van der Waals surface area contributed by atoms with Crippen LogP contribution in [-0.2, 0) is 0 Å². The van der Waals surface area contributed by atoms with Crippen LogP contribution in [0.4, 0.5) is 11.5 Å². The smallest absolute Gasteiger partial charge is 0.170 e. The number of imidazole rings is 1. The number of halogens is 1. The summed E-state index contributed by atoms with van der Waals surface area (Å²) in [4.78, 5) is 18.9. The summed E-state index contributed by atoms with van der Waals surface area (Å²) in [5.41, 5.74) is 7.37. The van der Waals surface area contributed by atoms with E-state index >= 15 is 0 Å². The van der Waals surface area contributed by atoms with Crippen molar-refractivity contribution in [2.24, 2.45) is 0 Å². The second kappa shape index (κ2) is 12.7. The molecule has 0 bridgehead atoms. The molecule has 0 aliphatic carbocycles. The largest absolute Gasteiger partial charge is 0.390 e. The van der Waals surface area contributed by atoms with Crippen molar-refractivity contribution in [2.75, 3.05) is 49.5 Å². The first-order chi connectivity index (χ1) is 19.6. The average Bonchev–Trinajstić information content (AvgIpc) is 3.39. The number of rotatable bonds is 8. The van der Waals surface area contributed by atoms with Gasteiger partial charge in [-0.25, -0.2) is 15.0 Å².